The van der Waals surface area contributed by atoms with Crippen molar-refractivity contribution in [2.45, 2.75) is 75.4 Å². The number of amides is 2. The van der Waals surface area contributed by atoms with Gasteiger partial charge in [0.15, 0.2) is 5.82 Å². The molecular formula is C36H41N9O2. The van der Waals surface area contributed by atoms with Crippen LogP contribution in [0.3, 0.4) is 0 Å². The molecule has 47 heavy (non-hydrogen) atoms. The summed E-state index contributed by atoms with van der Waals surface area (Å²) in [4.78, 5) is 32.7. The Kier molecular flexibility index (Phi) is 7.36. The minimum absolute atomic E-state index is 0.0213. The quantitative estimate of drug-likeness (QED) is 0.368. The molecule has 2 aromatic carbocycles. The highest BCUT2D eigenvalue weighted by Crippen LogP contribution is 2.50. The van der Waals surface area contributed by atoms with Crippen LogP contribution < -0.4 is 5.32 Å². The van der Waals surface area contributed by atoms with Gasteiger partial charge < -0.3 is 20.0 Å². The minimum Gasteiger partial charge on any atom is -0.355 e. The number of H-pyrrole nitrogens is 1. The van der Waals surface area contributed by atoms with Crippen molar-refractivity contribution in [3.8, 4) is 6.07 Å². The number of nitrogens with one attached hydrogen (secondary N) is 2. The monoisotopic (exact) mass is 631 g/mol. The molecular weight excluding hydrogens is 590 g/mol. The lowest BCUT2D eigenvalue weighted by Gasteiger charge is -2.37. The number of tetrazole rings is 1. The van der Waals surface area contributed by atoms with Gasteiger partial charge in [-0.3, -0.25) is 9.59 Å². The zero-order valence-corrected chi connectivity index (χ0v) is 26.9. The number of aryl methyl sites for hydroxylation is 2. The summed E-state index contributed by atoms with van der Waals surface area (Å²) in [7, 11) is 0. The third-order valence-corrected chi connectivity index (χ3v) is 11.2. The van der Waals surface area contributed by atoms with Gasteiger partial charge in [-0.2, -0.15) is 10.5 Å². The Hall–Kier alpha value is -4.56. The van der Waals surface area contributed by atoms with Crippen LogP contribution in [0.4, 0.5) is 0 Å². The molecule has 11 heteroatoms. The van der Waals surface area contributed by atoms with Crippen molar-refractivity contribution in [1.29, 1.82) is 5.26 Å². The van der Waals surface area contributed by atoms with Crippen LogP contribution in [0.15, 0.2) is 48.7 Å². The molecule has 2 N–H and O–H groups in total. The van der Waals surface area contributed by atoms with Gasteiger partial charge in [-0.15, -0.1) is 10.2 Å². The maximum Gasteiger partial charge on any atom is 0.253 e. The Labute approximate surface area is 275 Å². The molecule has 4 fully saturated rings. The van der Waals surface area contributed by atoms with Crippen LogP contribution >= 0.6 is 0 Å². The number of hydrogen-bond donors (Lipinski definition) is 2. The molecule has 0 radical (unpaired) electrons. The molecule has 0 bridgehead atoms. The smallest absolute Gasteiger partial charge is 0.253 e. The maximum absolute atomic E-state index is 13.3. The van der Waals surface area contributed by atoms with Gasteiger partial charge in [0.05, 0.1) is 11.5 Å². The first-order chi connectivity index (χ1) is 22.9. The first-order valence-electron chi connectivity index (χ1n) is 17.1. The lowest BCUT2D eigenvalue weighted by atomic mass is 9.67. The normalized spacial score (nSPS) is 24.1. The number of rotatable bonds is 9. The molecule has 3 aliphatic heterocycles. The van der Waals surface area contributed by atoms with Crippen molar-refractivity contribution >= 4 is 11.8 Å². The van der Waals surface area contributed by atoms with Crippen molar-refractivity contribution < 1.29 is 9.59 Å². The molecule has 3 aromatic rings. The minimum atomic E-state index is -0.803. The third-order valence-electron chi connectivity index (χ3n) is 11.2. The second-order valence-electron chi connectivity index (χ2n) is 14.1. The highest BCUT2D eigenvalue weighted by atomic mass is 16.2. The van der Waals surface area contributed by atoms with E-state index in [4.69, 9.17) is 0 Å². The summed E-state index contributed by atoms with van der Waals surface area (Å²) in [6, 6.07) is 15.0. The summed E-state index contributed by atoms with van der Waals surface area (Å²) in [5.41, 5.74) is 5.81. The number of hydrogen-bond acceptors (Lipinski definition) is 8. The second-order valence-corrected chi connectivity index (χ2v) is 14.1. The summed E-state index contributed by atoms with van der Waals surface area (Å²) in [6.07, 6.45) is 6.19. The Bertz CT molecular complexity index is 1690. The molecule has 1 saturated carbocycles. The van der Waals surface area contributed by atoms with E-state index in [0.29, 0.717) is 41.9 Å². The second kappa shape index (κ2) is 11.6. The average molecular weight is 632 g/mol. The fourth-order valence-electron chi connectivity index (χ4n) is 8.35. The highest BCUT2D eigenvalue weighted by molar-refractivity contribution is 5.96. The van der Waals surface area contributed by atoms with Gasteiger partial charge in [-0.25, -0.2) is 0 Å². The van der Waals surface area contributed by atoms with E-state index in [1.165, 1.54) is 0 Å². The largest absolute Gasteiger partial charge is 0.355 e. The zero-order valence-electron chi connectivity index (χ0n) is 26.9. The molecule has 0 spiro atoms. The molecule has 8 rings (SSSR count). The van der Waals surface area contributed by atoms with Gasteiger partial charge >= 0.3 is 0 Å². The number of nitrogens with zero attached hydrogens (tertiary/aromatic N) is 7. The highest BCUT2D eigenvalue weighted by Gasteiger charge is 2.52. The number of piperidine rings is 1. The van der Waals surface area contributed by atoms with E-state index in [0.717, 1.165) is 92.7 Å². The van der Waals surface area contributed by atoms with Crippen LogP contribution in [0.5, 0.6) is 0 Å². The standard InChI is InChI=1S/C36H41N9O2/c1-22(38-21-23(2)45-29(20-37)17-28-18-32(28)45)19-36(35-39-41-42-40-35)30-9-7-26(33(46)43-11-3-12-43)15-24(30)5-6-25-16-27(8-10-31(25)36)34(47)44-13-4-14-44/h7-10,15-16,22,28-29,32,38H,2-6,11-14,17-19,21H2,1H3,(H,39,40,41,42)/t22-,28+,29?,32-/m0/s1. The molecule has 2 aliphatic carbocycles. The lowest BCUT2D eigenvalue weighted by molar-refractivity contribution is 0.0644. The van der Waals surface area contributed by atoms with Gasteiger partial charge in [-0.05, 0) is 104 Å². The predicted molar refractivity (Wildman–Crippen MR) is 174 cm³/mol. The Morgan fingerprint density at radius 1 is 1.02 bits per heavy atom. The lowest BCUT2D eigenvalue weighted by Crippen LogP contribution is -2.43. The number of fused-ring (bicyclic) bond motifs is 3. The molecule has 4 heterocycles. The molecule has 4 atom stereocenters. The van der Waals surface area contributed by atoms with Gasteiger partial charge in [0.1, 0.15) is 6.04 Å². The van der Waals surface area contributed by atoms with E-state index in [-0.39, 0.29) is 23.9 Å². The number of nitriles is 1. The van der Waals surface area contributed by atoms with Crippen LogP contribution in [-0.2, 0) is 18.3 Å². The van der Waals surface area contributed by atoms with Crippen molar-refractivity contribution in [3.63, 3.8) is 0 Å². The van der Waals surface area contributed by atoms with Crippen LogP contribution in [0.2, 0.25) is 0 Å². The van der Waals surface area contributed by atoms with Crippen molar-refractivity contribution in [2.24, 2.45) is 5.92 Å². The number of aromatic nitrogens is 4. The first-order valence-corrected chi connectivity index (χ1v) is 17.1. The third kappa shape index (κ3) is 5.01. The number of carbonyl (C=O) groups is 2. The van der Waals surface area contributed by atoms with Gasteiger partial charge in [0, 0.05) is 61.6 Å². The fraction of sp³-hybridized carbons (Fsp3) is 0.500. The van der Waals surface area contributed by atoms with Gasteiger partial charge in [0.25, 0.3) is 11.8 Å². The van der Waals surface area contributed by atoms with Crippen molar-refractivity contribution in [3.05, 3.63) is 87.9 Å². The SMILES string of the molecule is C=C(CN[C@@H](C)CC1(c2nn[nH]n2)c2ccc(C(=O)N3CCC3)cc2CCc2cc(C(=O)N3CCC3)ccc21)N1C(C#N)C[C@@H]2C[C@@H]21. The number of benzene rings is 2. The van der Waals surface area contributed by atoms with Crippen molar-refractivity contribution in [1.82, 2.24) is 40.6 Å². The summed E-state index contributed by atoms with van der Waals surface area (Å²) < 4.78 is 0. The summed E-state index contributed by atoms with van der Waals surface area (Å²) in [5, 5.41) is 29.5. The Morgan fingerprint density at radius 2 is 1.64 bits per heavy atom. The van der Waals surface area contributed by atoms with Gasteiger partial charge in [-0.1, -0.05) is 23.9 Å². The number of likely N-dealkylation sites (tertiary alicyclic amines) is 3. The van der Waals surface area contributed by atoms with Crippen LogP contribution in [0.1, 0.15) is 87.8 Å². The van der Waals surface area contributed by atoms with E-state index < -0.39 is 5.41 Å². The Balaban J connectivity index is 1.17. The molecule has 242 valence electrons. The number of carbonyl (C=O) groups excluding carboxylic acids is 2. The van der Waals surface area contributed by atoms with E-state index in [9.17, 15) is 14.9 Å². The van der Waals surface area contributed by atoms with E-state index in [2.05, 4.69) is 74.7 Å². The molecule has 1 aromatic heterocycles. The number of aromatic amines is 1. The van der Waals surface area contributed by atoms with Crippen LogP contribution in [0, 0.1) is 17.2 Å². The van der Waals surface area contributed by atoms with E-state index in [1.807, 2.05) is 21.9 Å². The zero-order chi connectivity index (χ0) is 32.3. The molecule has 5 aliphatic rings. The first kappa shape index (κ1) is 29.8. The summed E-state index contributed by atoms with van der Waals surface area (Å²) in [6.45, 7) is 10.3. The predicted octanol–water partition coefficient (Wildman–Crippen LogP) is 3.19. The van der Waals surface area contributed by atoms with Crippen LogP contribution in [0.25, 0.3) is 0 Å². The summed E-state index contributed by atoms with van der Waals surface area (Å²) >= 11 is 0. The van der Waals surface area contributed by atoms with Crippen LogP contribution in [-0.4, -0.2) is 98.0 Å². The van der Waals surface area contributed by atoms with E-state index >= 15 is 0 Å². The average Bonchev–Trinajstić information content (AvgIpc) is 3.40. The molecule has 1 unspecified atom stereocenters. The van der Waals surface area contributed by atoms with Crippen molar-refractivity contribution in [2.75, 3.05) is 32.7 Å². The van der Waals surface area contributed by atoms with E-state index in [1.54, 1.807) is 0 Å². The molecule has 11 nitrogen and oxygen atoms in total. The summed E-state index contributed by atoms with van der Waals surface area (Å²) in [5.74, 6) is 1.31. The topological polar surface area (TPSA) is 134 Å². The Morgan fingerprint density at radius 3 is 2.15 bits per heavy atom. The molecule has 2 amide bonds. The maximum atomic E-state index is 13.3. The molecule has 3 saturated heterocycles. The van der Waals surface area contributed by atoms with Gasteiger partial charge in [0.2, 0.25) is 0 Å². The fourth-order valence-corrected chi connectivity index (χ4v) is 8.35.